The third-order valence-electron chi connectivity index (χ3n) is 2.45. The highest BCUT2D eigenvalue weighted by atomic mass is 79.9. The zero-order chi connectivity index (χ0) is 13.8. The van der Waals surface area contributed by atoms with Gasteiger partial charge in [0.25, 0.3) is 0 Å². The van der Waals surface area contributed by atoms with E-state index in [1.807, 2.05) is 24.3 Å². The molecule has 0 heterocycles. The minimum atomic E-state index is -0.989. The molecule has 1 N–H and O–H groups in total. The molecule has 0 amide bonds. The molecular weight excluding hydrogens is 328 g/mol. The van der Waals surface area contributed by atoms with Gasteiger partial charge in [-0.3, -0.25) is 0 Å². The second-order valence-electron chi connectivity index (χ2n) is 3.72. The number of benzene rings is 2. The van der Waals surface area contributed by atoms with Crippen LogP contribution in [0.2, 0.25) is 0 Å². The minimum Gasteiger partial charge on any atom is -0.496 e. The Kier molecular flexibility index (Phi) is 4.50. The summed E-state index contributed by atoms with van der Waals surface area (Å²) in [6.45, 7) is 0. The van der Waals surface area contributed by atoms with Crippen molar-refractivity contribution in [2.24, 2.45) is 0 Å². The van der Waals surface area contributed by atoms with E-state index in [0.29, 0.717) is 5.75 Å². The fourth-order valence-corrected chi connectivity index (χ4v) is 2.66. The fourth-order valence-electron chi connectivity index (χ4n) is 1.55. The first-order valence-corrected chi connectivity index (χ1v) is 7.06. The van der Waals surface area contributed by atoms with E-state index < -0.39 is 5.97 Å². The molecule has 0 spiro atoms. The van der Waals surface area contributed by atoms with Gasteiger partial charge in [-0.25, -0.2) is 4.79 Å². The van der Waals surface area contributed by atoms with Crippen molar-refractivity contribution in [2.75, 3.05) is 7.11 Å². The molecule has 0 unspecified atom stereocenters. The molecular formula is C14H11BrO3S. The highest BCUT2D eigenvalue weighted by Crippen LogP contribution is 2.32. The summed E-state index contributed by atoms with van der Waals surface area (Å²) in [6, 6.07) is 13.0. The molecule has 2 rings (SSSR count). The van der Waals surface area contributed by atoms with Gasteiger partial charge in [0.1, 0.15) is 11.3 Å². The predicted molar refractivity (Wildman–Crippen MR) is 78.2 cm³/mol. The number of aromatic carboxylic acids is 1. The number of methoxy groups -OCH3 is 1. The zero-order valence-corrected chi connectivity index (χ0v) is 12.5. The van der Waals surface area contributed by atoms with Gasteiger partial charge in [0, 0.05) is 14.3 Å². The normalized spacial score (nSPS) is 10.2. The third kappa shape index (κ3) is 3.52. The Balaban J connectivity index is 2.26. The number of hydrogen-bond donors (Lipinski definition) is 1. The summed E-state index contributed by atoms with van der Waals surface area (Å²) in [4.78, 5) is 13.0. The second kappa shape index (κ2) is 6.12. The van der Waals surface area contributed by atoms with Crippen molar-refractivity contribution in [1.29, 1.82) is 0 Å². The Labute approximate surface area is 123 Å². The molecule has 0 aromatic heterocycles. The van der Waals surface area contributed by atoms with Crippen LogP contribution in [0.15, 0.2) is 56.7 Å². The Bertz CT molecular complexity index is 596. The smallest absolute Gasteiger partial charge is 0.339 e. The molecule has 0 aliphatic rings. The molecule has 0 radical (unpaired) electrons. The van der Waals surface area contributed by atoms with Gasteiger partial charge in [0.05, 0.1) is 7.11 Å². The molecule has 0 bridgehead atoms. The van der Waals surface area contributed by atoms with E-state index >= 15 is 0 Å². The molecule has 0 fully saturated rings. The van der Waals surface area contributed by atoms with Crippen LogP contribution in [0, 0.1) is 0 Å². The quantitative estimate of drug-likeness (QED) is 0.902. The number of rotatable bonds is 4. The van der Waals surface area contributed by atoms with Crippen LogP contribution >= 0.6 is 27.7 Å². The van der Waals surface area contributed by atoms with E-state index in [-0.39, 0.29) is 5.56 Å². The van der Waals surface area contributed by atoms with E-state index in [1.54, 1.807) is 30.0 Å². The van der Waals surface area contributed by atoms with Crippen molar-refractivity contribution in [2.45, 2.75) is 9.79 Å². The van der Waals surface area contributed by atoms with Gasteiger partial charge >= 0.3 is 5.97 Å². The Morgan fingerprint density at radius 2 is 1.79 bits per heavy atom. The van der Waals surface area contributed by atoms with Crippen LogP contribution in [-0.4, -0.2) is 18.2 Å². The summed E-state index contributed by atoms with van der Waals surface area (Å²) >= 11 is 4.94. The lowest BCUT2D eigenvalue weighted by Gasteiger charge is -2.07. The summed E-state index contributed by atoms with van der Waals surface area (Å²) in [7, 11) is 1.47. The minimum absolute atomic E-state index is 0.169. The molecule has 0 aliphatic heterocycles. The largest absolute Gasteiger partial charge is 0.496 e. The van der Waals surface area contributed by atoms with Crippen molar-refractivity contribution in [3.63, 3.8) is 0 Å². The lowest BCUT2D eigenvalue weighted by molar-refractivity contribution is 0.0693. The van der Waals surface area contributed by atoms with Crippen LogP contribution in [-0.2, 0) is 0 Å². The van der Waals surface area contributed by atoms with Crippen molar-refractivity contribution in [3.05, 3.63) is 52.5 Å². The molecule has 98 valence electrons. The highest BCUT2D eigenvalue weighted by Gasteiger charge is 2.11. The average molecular weight is 339 g/mol. The Hall–Kier alpha value is -1.46. The van der Waals surface area contributed by atoms with E-state index in [4.69, 9.17) is 9.84 Å². The summed E-state index contributed by atoms with van der Waals surface area (Å²) in [5.41, 5.74) is 0.169. The topological polar surface area (TPSA) is 46.5 Å². The Morgan fingerprint density at radius 1 is 1.16 bits per heavy atom. The molecule has 19 heavy (non-hydrogen) atoms. The lowest BCUT2D eigenvalue weighted by Crippen LogP contribution is -2.00. The van der Waals surface area contributed by atoms with Gasteiger partial charge in [0.2, 0.25) is 0 Å². The van der Waals surface area contributed by atoms with Gasteiger partial charge in [-0.15, -0.1) is 0 Å². The maximum absolute atomic E-state index is 11.0. The van der Waals surface area contributed by atoms with E-state index in [9.17, 15) is 4.79 Å². The maximum Gasteiger partial charge on any atom is 0.339 e. The highest BCUT2D eigenvalue weighted by molar-refractivity contribution is 9.10. The number of carbonyl (C=O) groups is 1. The summed E-state index contributed by atoms with van der Waals surface area (Å²) < 4.78 is 6.13. The van der Waals surface area contributed by atoms with Gasteiger partial charge in [-0.1, -0.05) is 27.7 Å². The number of ether oxygens (including phenoxy) is 1. The first kappa shape index (κ1) is 14.0. The van der Waals surface area contributed by atoms with Crippen molar-refractivity contribution >= 4 is 33.7 Å². The van der Waals surface area contributed by atoms with Crippen LogP contribution in [0.25, 0.3) is 0 Å². The monoisotopic (exact) mass is 338 g/mol. The van der Waals surface area contributed by atoms with Crippen LogP contribution in [0.3, 0.4) is 0 Å². The van der Waals surface area contributed by atoms with Crippen LogP contribution in [0.5, 0.6) is 5.75 Å². The standard InChI is InChI=1S/C14H11BrO3S/c1-18-13-8-11(6-7-12(13)14(16)17)19-10-4-2-9(15)3-5-10/h2-8H,1H3,(H,16,17). The van der Waals surface area contributed by atoms with Crippen LogP contribution < -0.4 is 4.74 Å². The van der Waals surface area contributed by atoms with Gasteiger partial charge in [0.15, 0.2) is 0 Å². The molecule has 0 saturated carbocycles. The number of carboxylic acids is 1. The number of carboxylic acid groups (broad SMARTS) is 1. The third-order valence-corrected chi connectivity index (χ3v) is 3.98. The summed E-state index contributed by atoms with van der Waals surface area (Å²) in [5, 5.41) is 9.02. The number of hydrogen-bond acceptors (Lipinski definition) is 3. The Morgan fingerprint density at radius 3 is 2.37 bits per heavy atom. The van der Waals surface area contributed by atoms with Crippen molar-refractivity contribution in [1.82, 2.24) is 0 Å². The SMILES string of the molecule is COc1cc(Sc2ccc(Br)cc2)ccc1C(=O)O. The zero-order valence-electron chi connectivity index (χ0n) is 10.1. The second-order valence-corrected chi connectivity index (χ2v) is 5.79. The first-order valence-electron chi connectivity index (χ1n) is 5.45. The molecule has 3 nitrogen and oxygen atoms in total. The first-order chi connectivity index (χ1) is 9.10. The predicted octanol–water partition coefficient (Wildman–Crippen LogP) is 4.31. The lowest BCUT2D eigenvalue weighted by atomic mass is 10.2. The van der Waals surface area contributed by atoms with Crippen LogP contribution in [0.1, 0.15) is 10.4 Å². The van der Waals surface area contributed by atoms with Gasteiger partial charge < -0.3 is 9.84 Å². The molecule has 2 aromatic rings. The van der Waals surface area contributed by atoms with E-state index in [0.717, 1.165) is 14.3 Å². The molecule has 5 heteroatoms. The maximum atomic E-state index is 11.0. The van der Waals surface area contributed by atoms with Gasteiger partial charge in [-0.05, 0) is 42.5 Å². The summed E-state index contributed by atoms with van der Waals surface area (Å²) in [6.07, 6.45) is 0. The molecule has 2 aromatic carbocycles. The van der Waals surface area contributed by atoms with Crippen molar-refractivity contribution in [3.8, 4) is 5.75 Å². The van der Waals surface area contributed by atoms with E-state index in [2.05, 4.69) is 15.9 Å². The van der Waals surface area contributed by atoms with E-state index in [1.165, 1.54) is 7.11 Å². The molecule has 0 aliphatic carbocycles. The summed E-state index contributed by atoms with van der Waals surface area (Å²) in [5.74, 6) is -0.619. The molecule has 0 saturated heterocycles. The van der Waals surface area contributed by atoms with Gasteiger partial charge in [-0.2, -0.15) is 0 Å². The molecule has 0 atom stereocenters. The average Bonchev–Trinajstić information content (AvgIpc) is 2.41. The van der Waals surface area contributed by atoms with Crippen LogP contribution in [0.4, 0.5) is 0 Å². The van der Waals surface area contributed by atoms with Crippen molar-refractivity contribution < 1.29 is 14.6 Å². The number of halogens is 1. The fraction of sp³-hybridized carbons (Fsp3) is 0.0714.